The van der Waals surface area contributed by atoms with Crippen LogP contribution in [0.15, 0.2) is 71.6 Å². The Morgan fingerprint density at radius 3 is 2.31 bits per heavy atom. The van der Waals surface area contributed by atoms with E-state index in [1.807, 2.05) is 13.8 Å². The largest absolute Gasteiger partial charge is 0.495 e. The molecule has 35 heavy (non-hydrogen) atoms. The van der Waals surface area contributed by atoms with Gasteiger partial charge in [0, 0.05) is 23.0 Å². The van der Waals surface area contributed by atoms with Crippen LogP contribution in [0.2, 0.25) is 0 Å². The molecule has 184 valence electrons. The normalized spacial score (nSPS) is 11.0. The summed E-state index contributed by atoms with van der Waals surface area (Å²) in [5.74, 6) is -0.0726. The molecule has 3 rings (SSSR count). The predicted molar refractivity (Wildman–Crippen MR) is 137 cm³/mol. The van der Waals surface area contributed by atoms with Gasteiger partial charge in [0.15, 0.2) is 0 Å². The van der Waals surface area contributed by atoms with Gasteiger partial charge in [0.2, 0.25) is 0 Å². The van der Waals surface area contributed by atoms with E-state index in [4.69, 9.17) is 4.74 Å². The molecule has 9 nitrogen and oxygen atoms in total. The molecular weight excluding hydrogens is 468 g/mol. The summed E-state index contributed by atoms with van der Waals surface area (Å²) in [6.07, 6.45) is 0. The minimum atomic E-state index is -3.97. The molecule has 3 amide bonds. The van der Waals surface area contributed by atoms with Gasteiger partial charge in [0.1, 0.15) is 5.75 Å². The van der Waals surface area contributed by atoms with E-state index >= 15 is 0 Å². The number of methoxy groups -OCH3 is 1. The fourth-order valence-corrected chi connectivity index (χ4v) is 4.61. The van der Waals surface area contributed by atoms with Crippen molar-refractivity contribution in [2.75, 3.05) is 22.5 Å². The van der Waals surface area contributed by atoms with Crippen LogP contribution in [0.4, 0.5) is 21.9 Å². The molecule has 0 aliphatic rings. The smallest absolute Gasteiger partial charge is 0.319 e. The number of ether oxygens (including phenoxy) is 1. The van der Waals surface area contributed by atoms with Crippen LogP contribution in [-0.4, -0.2) is 33.5 Å². The Bertz CT molecular complexity index is 1340. The van der Waals surface area contributed by atoms with Crippen molar-refractivity contribution in [3.8, 4) is 5.75 Å². The number of aryl methyl sites for hydroxylation is 1. The van der Waals surface area contributed by atoms with E-state index < -0.39 is 15.9 Å². The first-order valence-corrected chi connectivity index (χ1v) is 12.3. The summed E-state index contributed by atoms with van der Waals surface area (Å²) in [5.41, 5.74) is 1.85. The molecular formula is C25H28N4O5S. The highest BCUT2D eigenvalue weighted by atomic mass is 32.2. The van der Waals surface area contributed by atoms with Crippen LogP contribution in [-0.2, 0) is 10.0 Å². The number of para-hydroxylation sites is 2. The Labute approximate surface area is 204 Å². The number of hydrogen-bond donors (Lipinski definition) is 4. The Kier molecular flexibility index (Phi) is 7.98. The predicted octanol–water partition coefficient (Wildman–Crippen LogP) is 4.59. The van der Waals surface area contributed by atoms with Gasteiger partial charge in [-0.3, -0.25) is 9.52 Å². The lowest BCUT2D eigenvalue weighted by atomic mass is 10.1. The maximum atomic E-state index is 13.1. The van der Waals surface area contributed by atoms with Gasteiger partial charge in [-0.05, 0) is 68.8 Å². The van der Waals surface area contributed by atoms with E-state index in [9.17, 15) is 18.0 Å². The summed E-state index contributed by atoms with van der Waals surface area (Å²) in [7, 11) is -2.51. The monoisotopic (exact) mass is 496 g/mol. The summed E-state index contributed by atoms with van der Waals surface area (Å²) in [5, 5.41) is 8.09. The van der Waals surface area contributed by atoms with Crippen molar-refractivity contribution < 1.29 is 22.7 Å². The van der Waals surface area contributed by atoms with Gasteiger partial charge in [0.05, 0.1) is 17.7 Å². The number of carbonyl (C=O) groups excluding carboxylic acids is 2. The molecule has 0 aromatic heterocycles. The van der Waals surface area contributed by atoms with Gasteiger partial charge < -0.3 is 20.7 Å². The standard InChI is InChI=1S/C25H28N4O5S/c1-16(2)26-25(31)28-19-9-7-8-18(14-19)24(30)27-20-13-12-17(3)23(15-20)35(32,33)29-21-10-5-6-11-22(21)34-4/h5-16,29H,1-4H3,(H,27,30)(H2,26,28,31). The second-order valence-electron chi connectivity index (χ2n) is 8.07. The number of anilines is 3. The zero-order valence-electron chi connectivity index (χ0n) is 19.9. The third kappa shape index (κ3) is 6.73. The molecule has 0 aliphatic heterocycles. The number of hydrogen-bond acceptors (Lipinski definition) is 5. The van der Waals surface area contributed by atoms with Crippen molar-refractivity contribution in [3.05, 3.63) is 77.9 Å². The second-order valence-corrected chi connectivity index (χ2v) is 9.72. The minimum absolute atomic E-state index is 0.0157. The Morgan fingerprint density at radius 2 is 1.60 bits per heavy atom. The molecule has 0 atom stereocenters. The number of benzene rings is 3. The van der Waals surface area contributed by atoms with Crippen molar-refractivity contribution in [1.29, 1.82) is 0 Å². The molecule has 0 saturated heterocycles. The zero-order chi connectivity index (χ0) is 25.6. The van der Waals surface area contributed by atoms with Crippen molar-refractivity contribution in [3.63, 3.8) is 0 Å². The van der Waals surface area contributed by atoms with Crippen LogP contribution in [0.25, 0.3) is 0 Å². The molecule has 4 N–H and O–H groups in total. The second kappa shape index (κ2) is 10.9. The van der Waals surface area contributed by atoms with E-state index in [1.54, 1.807) is 61.5 Å². The van der Waals surface area contributed by atoms with Gasteiger partial charge in [0.25, 0.3) is 15.9 Å². The summed E-state index contributed by atoms with van der Waals surface area (Å²) in [6.45, 7) is 5.34. The van der Waals surface area contributed by atoms with E-state index in [0.29, 0.717) is 33.9 Å². The van der Waals surface area contributed by atoms with E-state index in [2.05, 4.69) is 20.7 Å². The maximum Gasteiger partial charge on any atom is 0.319 e. The van der Waals surface area contributed by atoms with E-state index in [-0.39, 0.29) is 17.0 Å². The lowest BCUT2D eigenvalue weighted by Crippen LogP contribution is -2.34. The molecule has 0 fully saturated rings. The van der Waals surface area contributed by atoms with Crippen LogP contribution in [0, 0.1) is 6.92 Å². The molecule has 3 aromatic rings. The Hall–Kier alpha value is -4.05. The van der Waals surface area contributed by atoms with Crippen LogP contribution in [0.3, 0.4) is 0 Å². The van der Waals surface area contributed by atoms with Gasteiger partial charge in [-0.1, -0.05) is 24.3 Å². The number of urea groups is 1. The molecule has 0 radical (unpaired) electrons. The summed E-state index contributed by atoms with van der Waals surface area (Å²) in [4.78, 5) is 24.8. The number of rotatable bonds is 8. The fraction of sp³-hybridized carbons (Fsp3) is 0.200. The maximum absolute atomic E-state index is 13.1. The number of amides is 3. The topological polar surface area (TPSA) is 126 Å². The first kappa shape index (κ1) is 25.6. The van der Waals surface area contributed by atoms with Crippen molar-refractivity contribution in [2.24, 2.45) is 0 Å². The van der Waals surface area contributed by atoms with Crippen molar-refractivity contribution in [1.82, 2.24) is 5.32 Å². The van der Waals surface area contributed by atoms with Gasteiger partial charge in [-0.2, -0.15) is 0 Å². The Balaban J connectivity index is 1.80. The van der Waals surface area contributed by atoms with Crippen molar-refractivity contribution in [2.45, 2.75) is 31.7 Å². The zero-order valence-corrected chi connectivity index (χ0v) is 20.7. The molecule has 0 spiro atoms. The first-order chi connectivity index (χ1) is 16.6. The summed E-state index contributed by atoms with van der Waals surface area (Å²) in [6, 6.07) is 17.3. The molecule has 0 saturated carbocycles. The lowest BCUT2D eigenvalue weighted by Gasteiger charge is -2.15. The molecule has 10 heteroatoms. The fourth-order valence-electron chi connectivity index (χ4n) is 3.27. The van der Waals surface area contributed by atoms with Crippen molar-refractivity contribution >= 4 is 39.0 Å². The highest BCUT2D eigenvalue weighted by molar-refractivity contribution is 7.92. The molecule has 0 aliphatic carbocycles. The lowest BCUT2D eigenvalue weighted by molar-refractivity contribution is 0.102. The molecule has 0 bridgehead atoms. The van der Waals surface area contributed by atoms with Crippen LogP contribution in [0.5, 0.6) is 5.75 Å². The molecule has 3 aromatic carbocycles. The molecule has 0 unspecified atom stereocenters. The average molecular weight is 497 g/mol. The number of sulfonamides is 1. The third-order valence-electron chi connectivity index (χ3n) is 4.89. The highest BCUT2D eigenvalue weighted by Crippen LogP contribution is 2.28. The van der Waals surface area contributed by atoms with E-state index in [1.165, 1.54) is 19.2 Å². The van der Waals surface area contributed by atoms with Gasteiger partial charge >= 0.3 is 6.03 Å². The van der Waals surface area contributed by atoms with Gasteiger partial charge in [-0.25, -0.2) is 13.2 Å². The molecule has 0 heterocycles. The first-order valence-electron chi connectivity index (χ1n) is 10.8. The van der Waals surface area contributed by atoms with E-state index in [0.717, 1.165) is 0 Å². The van der Waals surface area contributed by atoms with Gasteiger partial charge in [-0.15, -0.1) is 0 Å². The number of carbonyl (C=O) groups is 2. The third-order valence-corrected chi connectivity index (χ3v) is 6.40. The highest BCUT2D eigenvalue weighted by Gasteiger charge is 2.20. The Morgan fingerprint density at radius 1 is 0.886 bits per heavy atom. The van der Waals surface area contributed by atoms with Crippen LogP contribution >= 0.6 is 0 Å². The minimum Gasteiger partial charge on any atom is -0.495 e. The van der Waals surface area contributed by atoms with Crippen LogP contribution in [0.1, 0.15) is 29.8 Å². The summed E-state index contributed by atoms with van der Waals surface area (Å²) >= 11 is 0. The SMILES string of the molecule is COc1ccccc1NS(=O)(=O)c1cc(NC(=O)c2cccc(NC(=O)NC(C)C)c2)ccc1C. The quantitative estimate of drug-likeness (QED) is 0.363. The van der Waals surface area contributed by atoms with Crippen LogP contribution < -0.4 is 25.4 Å². The number of nitrogens with one attached hydrogen (secondary N) is 4. The summed E-state index contributed by atoms with van der Waals surface area (Å²) < 4.78 is 33.9. The average Bonchev–Trinajstić information content (AvgIpc) is 2.80.